The van der Waals surface area contributed by atoms with Crippen molar-refractivity contribution in [1.82, 2.24) is 15.0 Å². The fraction of sp³-hybridized carbons (Fsp3) is 0.471. The van der Waals surface area contributed by atoms with E-state index in [1.165, 1.54) is 0 Å². The highest BCUT2D eigenvalue weighted by atomic mass is 16.7. The van der Waals surface area contributed by atoms with E-state index >= 15 is 0 Å². The number of rotatable bonds is 9. The summed E-state index contributed by atoms with van der Waals surface area (Å²) in [6.07, 6.45) is 3.65. The first-order chi connectivity index (χ1) is 11.2. The molecule has 0 saturated carbocycles. The van der Waals surface area contributed by atoms with Gasteiger partial charge in [-0.1, -0.05) is 44.2 Å². The summed E-state index contributed by atoms with van der Waals surface area (Å²) in [5.74, 6) is 1.22. The van der Waals surface area contributed by atoms with Gasteiger partial charge in [0.1, 0.15) is 12.9 Å². The molecule has 124 valence electrons. The molecule has 1 aromatic heterocycles. The molecule has 23 heavy (non-hydrogen) atoms. The molecule has 0 unspecified atom stereocenters. The van der Waals surface area contributed by atoms with Gasteiger partial charge < -0.3 is 4.90 Å². The summed E-state index contributed by atoms with van der Waals surface area (Å²) in [5.41, 5.74) is 1.10. The van der Waals surface area contributed by atoms with Gasteiger partial charge in [0.05, 0.1) is 0 Å². The molecule has 0 aliphatic rings. The maximum Gasteiger partial charge on any atom is 0.254 e. The van der Waals surface area contributed by atoms with Gasteiger partial charge in [-0.2, -0.15) is 9.97 Å². The Morgan fingerprint density at radius 2 is 1.61 bits per heavy atom. The van der Waals surface area contributed by atoms with Crippen LogP contribution in [0.1, 0.15) is 32.3 Å². The molecule has 1 heterocycles. The largest absolute Gasteiger partial charge is 0.341 e. The van der Waals surface area contributed by atoms with Crippen molar-refractivity contribution >= 4 is 11.9 Å². The number of hydrogen-bond donors (Lipinski definition) is 0. The van der Waals surface area contributed by atoms with Gasteiger partial charge >= 0.3 is 0 Å². The topological polar surface area (TPSA) is 54.4 Å². The molecule has 0 N–H and O–H groups in total. The molecule has 0 aliphatic heterocycles. The number of benzene rings is 1. The predicted molar refractivity (Wildman–Crippen MR) is 92.3 cm³/mol. The Hall–Kier alpha value is -2.21. The molecular formula is C17H25N5O. The normalized spacial score (nSPS) is 10.6. The summed E-state index contributed by atoms with van der Waals surface area (Å²) >= 11 is 0. The van der Waals surface area contributed by atoms with Crippen molar-refractivity contribution in [2.24, 2.45) is 0 Å². The molecule has 0 atom stereocenters. The maximum atomic E-state index is 5.73. The minimum atomic E-state index is 0.478. The van der Waals surface area contributed by atoms with E-state index in [2.05, 4.69) is 33.7 Å². The lowest BCUT2D eigenvalue weighted by Gasteiger charge is -2.22. The Morgan fingerprint density at radius 1 is 0.957 bits per heavy atom. The Morgan fingerprint density at radius 3 is 2.26 bits per heavy atom. The molecule has 2 aromatic rings. The summed E-state index contributed by atoms with van der Waals surface area (Å²) in [5, 5.41) is 1.59. The molecule has 0 aliphatic carbocycles. The fourth-order valence-corrected chi connectivity index (χ4v) is 2.24. The molecule has 2 rings (SSSR count). The van der Waals surface area contributed by atoms with Crippen molar-refractivity contribution in [3.63, 3.8) is 0 Å². The summed E-state index contributed by atoms with van der Waals surface area (Å²) < 4.78 is 0. The molecule has 0 fully saturated rings. The van der Waals surface area contributed by atoms with Gasteiger partial charge in [0.2, 0.25) is 5.95 Å². The summed E-state index contributed by atoms with van der Waals surface area (Å²) in [7, 11) is 1.81. The monoisotopic (exact) mass is 315 g/mol. The molecule has 0 spiro atoms. The highest BCUT2D eigenvalue weighted by Crippen LogP contribution is 2.13. The first kappa shape index (κ1) is 17.1. The first-order valence-corrected chi connectivity index (χ1v) is 8.09. The molecule has 0 bridgehead atoms. The fourth-order valence-electron chi connectivity index (χ4n) is 2.24. The molecule has 6 nitrogen and oxygen atoms in total. The van der Waals surface area contributed by atoms with Crippen molar-refractivity contribution in [2.45, 2.75) is 33.3 Å². The zero-order valence-corrected chi connectivity index (χ0v) is 14.1. The highest BCUT2D eigenvalue weighted by molar-refractivity contribution is 5.35. The lowest BCUT2D eigenvalue weighted by Crippen LogP contribution is -2.28. The quantitative estimate of drug-likeness (QED) is 0.663. The van der Waals surface area contributed by atoms with Crippen LogP contribution in [0.5, 0.6) is 0 Å². The van der Waals surface area contributed by atoms with Crippen LogP contribution in [-0.2, 0) is 11.4 Å². The third-order valence-electron chi connectivity index (χ3n) is 3.37. The SMILES string of the molecule is CCCN(CCC)c1ncnc(N(C)OCc2ccccc2)n1. The Kier molecular flexibility index (Phi) is 6.75. The molecular weight excluding hydrogens is 290 g/mol. The maximum absolute atomic E-state index is 5.73. The van der Waals surface area contributed by atoms with E-state index in [0.717, 1.165) is 31.5 Å². The van der Waals surface area contributed by atoms with E-state index < -0.39 is 0 Å². The van der Waals surface area contributed by atoms with E-state index in [-0.39, 0.29) is 0 Å². The van der Waals surface area contributed by atoms with Gasteiger partial charge in [0, 0.05) is 20.1 Å². The molecule has 1 aromatic carbocycles. The zero-order chi connectivity index (χ0) is 16.5. The average Bonchev–Trinajstić information content (AvgIpc) is 2.60. The number of hydrogen-bond acceptors (Lipinski definition) is 6. The molecule has 0 radical (unpaired) electrons. The minimum Gasteiger partial charge on any atom is -0.341 e. The van der Waals surface area contributed by atoms with E-state index in [0.29, 0.717) is 18.5 Å². The van der Waals surface area contributed by atoms with Crippen LogP contribution in [0.2, 0.25) is 0 Å². The van der Waals surface area contributed by atoms with Crippen LogP contribution >= 0.6 is 0 Å². The first-order valence-electron chi connectivity index (χ1n) is 8.09. The second-order valence-corrected chi connectivity index (χ2v) is 5.33. The number of nitrogens with zero attached hydrogens (tertiary/aromatic N) is 5. The van der Waals surface area contributed by atoms with Crippen LogP contribution in [0.3, 0.4) is 0 Å². The standard InChI is InChI=1S/C17H25N5O/c1-4-11-22(12-5-2)17-19-14-18-16(20-17)21(3)23-13-15-9-7-6-8-10-15/h6-10,14H,4-5,11-13H2,1-3H3. The van der Waals surface area contributed by atoms with Crippen molar-refractivity contribution in [1.29, 1.82) is 0 Å². The lowest BCUT2D eigenvalue weighted by molar-refractivity contribution is 0.104. The molecule has 0 saturated heterocycles. The number of hydroxylamine groups is 1. The Labute approximate surface area is 138 Å². The smallest absolute Gasteiger partial charge is 0.254 e. The van der Waals surface area contributed by atoms with E-state index in [1.54, 1.807) is 11.4 Å². The average molecular weight is 315 g/mol. The van der Waals surface area contributed by atoms with Crippen LogP contribution in [0, 0.1) is 0 Å². The second kappa shape index (κ2) is 9.05. The number of aromatic nitrogens is 3. The van der Waals surface area contributed by atoms with E-state index in [9.17, 15) is 0 Å². The minimum absolute atomic E-state index is 0.478. The zero-order valence-electron chi connectivity index (χ0n) is 14.1. The third-order valence-corrected chi connectivity index (χ3v) is 3.37. The van der Waals surface area contributed by atoms with Crippen molar-refractivity contribution in [3.05, 3.63) is 42.2 Å². The van der Waals surface area contributed by atoms with Gasteiger partial charge in [-0.25, -0.2) is 10.0 Å². The van der Waals surface area contributed by atoms with Crippen LogP contribution in [-0.4, -0.2) is 35.1 Å². The van der Waals surface area contributed by atoms with Gasteiger partial charge in [-0.3, -0.25) is 4.84 Å². The summed E-state index contributed by atoms with van der Waals surface area (Å²) in [6.45, 7) is 6.66. The van der Waals surface area contributed by atoms with E-state index in [1.807, 2.05) is 37.4 Å². The van der Waals surface area contributed by atoms with Crippen LogP contribution in [0.15, 0.2) is 36.7 Å². The van der Waals surface area contributed by atoms with E-state index in [4.69, 9.17) is 4.84 Å². The highest BCUT2D eigenvalue weighted by Gasteiger charge is 2.12. The van der Waals surface area contributed by atoms with Crippen molar-refractivity contribution in [3.8, 4) is 0 Å². The summed E-state index contributed by atoms with van der Waals surface area (Å²) in [6, 6.07) is 10.0. The van der Waals surface area contributed by atoms with Crippen LogP contribution in [0.4, 0.5) is 11.9 Å². The number of anilines is 2. The Bertz CT molecular complexity index is 572. The second-order valence-electron chi connectivity index (χ2n) is 5.33. The predicted octanol–water partition coefficient (Wildman–Crippen LogP) is 3.07. The van der Waals surface area contributed by atoms with Crippen LogP contribution < -0.4 is 9.96 Å². The lowest BCUT2D eigenvalue weighted by atomic mass is 10.2. The molecule has 6 heteroatoms. The van der Waals surface area contributed by atoms with Crippen molar-refractivity contribution < 1.29 is 4.84 Å². The van der Waals surface area contributed by atoms with Crippen molar-refractivity contribution in [2.75, 3.05) is 30.1 Å². The van der Waals surface area contributed by atoms with Crippen LogP contribution in [0.25, 0.3) is 0 Å². The van der Waals surface area contributed by atoms with Gasteiger partial charge in [0.15, 0.2) is 0 Å². The summed E-state index contributed by atoms with van der Waals surface area (Å²) in [4.78, 5) is 20.9. The Balaban J connectivity index is 2.02. The van der Waals surface area contributed by atoms with Gasteiger partial charge in [-0.15, -0.1) is 0 Å². The molecule has 0 amide bonds. The van der Waals surface area contributed by atoms with Gasteiger partial charge in [-0.05, 0) is 18.4 Å². The third kappa shape index (κ3) is 5.17. The van der Waals surface area contributed by atoms with Gasteiger partial charge in [0.25, 0.3) is 5.95 Å².